The van der Waals surface area contributed by atoms with E-state index in [4.69, 9.17) is 0 Å². The molecule has 1 heterocycles. The lowest BCUT2D eigenvalue weighted by atomic mass is 10.1. The van der Waals surface area contributed by atoms with Crippen molar-refractivity contribution in [1.29, 1.82) is 0 Å². The van der Waals surface area contributed by atoms with Crippen molar-refractivity contribution in [3.63, 3.8) is 0 Å². The van der Waals surface area contributed by atoms with Crippen molar-refractivity contribution >= 4 is 0 Å². The fourth-order valence-electron chi connectivity index (χ4n) is 0.577. The monoisotopic (exact) mass is 144 g/mol. The molecule has 0 bridgehead atoms. The van der Waals surface area contributed by atoms with Gasteiger partial charge in [-0.15, -0.1) is 0 Å². The first-order valence-corrected chi connectivity index (χ1v) is 3.17. The zero-order valence-electron chi connectivity index (χ0n) is 6.56. The van der Waals surface area contributed by atoms with Gasteiger partial charge in [-0.05, 0) is 11.5 Å². The van der Waals surface area contributed by atoms with Crippen LogP contribution in [-0.2, 0) is 0 Å². The number of nitrogens with zero attached hydrogens (tertiary/aromatic N) is 1. The van der Waals surface area contributed by atoms with Crippen LogP contribution in [0.25, 0.3) is 0 Å². The molecule has 0 atom stereocenters. The lowest BCUT2D eigenvalue weighted by molar-refractivity contribution is 0.636. The number of H-pyrrole nitrogens is 1. The zero-order valence-corrected chi connectivity index (χ0v) is 6.56. The maximum absolute atomic E-state index is 9.50. The number of hydrogen-bond donors (Lipinski definition) is 1. The standard InChI is InChI=1S/C6H10N2.CH3F/c1-5(2)6-3-7-8-4-6;1-2/h3-5H,1-2H3,(H,7,8);1H3. The largest absolute Gasteiger partial charge is 0.285 e. The van der Waals surface area contributed by atoms with Crippen LogP contribution in [0.1, 0.15) is 25.3 Å². The molecule has 0 aliphatic rings. The van der Waals surface area contributed by atoms with Crippen molar-refractivity contribution in [3.8, 4) is 0 Å². The van der Waals surface area contributed by atoms with Gasteiger partial charge in [-0.3, -0.25) is 9.49 Å². The molecule has 0 aromatic carbocycles. The third-order valence-corrected chi connectivity index (χ3v) is 1.19. The Kier molecular flexibility index (Phi) is 4.54. The Morgan fingerprint density at radius 2 is 2.10 bits per heavy atom. The summed E-state index contributed by atoms with van der Waals surface area (Å²) in [6, 6.07) is 0. The van der Waals surface area contributed by atoms with Crippen LogP contribution >= 0.6 is 0 Å². The molecule has 58 valence electrons. The average Bonchev–Trinajstić information content (AvgIpc) is 2.42. The summed E-state index contributed by atoms with van der Waals surface area (Å²) >= 11 is 0. The highest BCUT2D eigenvalue weighted by Gasteiger charge is 1.96. The normalized spacial score (nSPS) is 8.90. The van der Waals surface area contributed by atoms with E-state index >= 15 is 0 Å². The van der Waals surface area contributed by atoms with E-state index < -0.39 is 0 Å². The summed E-state index contributed by atoms with van der Waals surface area (Å²) in [5.74, 6) is 0.591. The molecule has 0 spiro atoms. The maximum atomic E-state index is 9.50. The summed E-state index contributed by atoms with van der Waals surface area (Å²) in [6.07, 6.45) is 3.77. The molecule has 0 radical (unpaired) electrons. The van der Waals surface area contributed by atoms with Gasteiger partial charge in [0.2, 0.25) is 0 Å². The van der Waals surface area contributed by atoms with Gasteiger partial charge < -0.3 is 0 Å². The summed E-state index contributed by atoms with van der Waals surface area (Å²) in [7, 11) is 0.500. The second-order valence-electron chi connectivity index (χ2n) is 2.19. The van der Waals surface area contributed by atoms with E-state index in [9.17, 15) is 4.39 Å². The first kappa shape index (κ1) is 9.14. The molecule has 0 amide bonds. The lowest BCUT2D eigenvalue weighted by Gasteiger charge is -1.94. The fraction of sp³-hybridized carbons (Fsp3) is 0.571. The first-order valence-electron chi connectivity index (χ1n) is 3.17. The number of rotatable bonds is 1. The van der Waals surface area contributed by atoms with Gasteiger partial charge in [0, 0.05) is 6.20 Å². The molecule has 0 aliphatic carbocycles. The van der Waals surface area contributed by atoms with Crippen LogP contribution in [0.2, 0.25) is 0 Å². The van der Waals surface area contributed by atoms with E-state index in [1.165, 1.54) is 5.56 Å². The summed E-state index contributed by atoms with van der Waals surface area (Å²) < 4.78 is 9.50. The van der Waals surface area contributed by atoms with Gasteiger partial charge in [-0.1, -0.05) is 13.8 Å². The SMILES string of the molecule is CC(C)c1cn[nH]c1.CF. The topological polar surface area (TPSA) is 28.7 Å². The summed E-state index contributed by atoms with van der Waals surface area (Å²) in [4.78, 5) is 0. The Balaban J connectivity index is 0.000000371. The predicted octanol–water partition coefficient (Wildman–Crippen LogP) is 2.12. The second kappa shape index (κ2) is 4.97. The number of alkyl halides is 1. The Hall–Kier alpha value is -0.860. The lowest BCUT2D eigenvalue weighted by Crippen LogP contribution is -1.80. The molecule has 0 saturated carbocycles. The molecule has 0 unspecified atom stereocenters. The molecule has 1 aromatic rings. The number of aromatic amines is 1. The highest BCUT2D eigenvalue weighted by Crippen LogP contribution is 2.09. The van der Waals surface area contributed by atoms with Crippen LogP contribution in [0.3, 0.4) is 0 Å². The molecule has 3 heteroatoms. The number of halogens is 1. The van der Waals surface area contributed by atoms with Crippen LogP contribution in [0.4, 0.5) is 4.39 Å². The van der Waals surface area contributed by atoms with Gasteiger partial charge in [0.25, 0.3) is 0 Å². The van der Waals surface area contributed by atoms with Gasteiger partial charge in [-0.25, -0.2) is 0 Å². The van der Waals surface area contributed by atoms with Crippen molar-refractivity contribution in [2.45, 2.75) is 19.8 Å². The van der Waals surface area contributed by atoms with E-state index in [1.54, 1.807) is 0 Å². The zero-order chi connectivity index (χ0) is 7.98. The third kappa shape index (κ3) is 2.62. The third-order valence-electron chi connectivity index (χ3n) is 1.19. The number of hydrogen-bond acceptors (Lipinski definition) is 1. The number of aromatic nitrogens is 2. The van der Waals surface area contributed by atoms with E-state index in [2.05, 4.69) is 24.0 Å². The van der Waals surface area contributed by atoms with Crippen molar-refractivity contribution in [3.05, 3.63) is 18.0 Å². The van der Waals surface area contributed by atoms with Crippen molar-refractivity contribution in [2.24, 2.45) is 0 Å². The Bertz CT molecular complexity index is 147. The fourth-order valence-corrected chi connectivity index (χ4v) is 0.577. The van der Waals surface area contributed by atoms with E-state index in [0.29, 0.717) is 13.1 Å². The molecule has 10 heavy (non-hydrogen) atoms. The molecule has 0 saturated heterocycles. The molecule has 1 rings (SSSR count). The van der Waals surface area contributed by atoms with Crippen molar-refractivity contribution in [1.82, 2.24) is 10.2 Å². The molecule has 0 aliphatic heterocycles. The van der Waals surface area contributed by atoms with Crippen LogP contribution in [0.15, 0.2) is 12.4 Å². The molecule has 1 N–H and O–H groups in total. The molecular weight excluding hydrogens is 131 g/mol. The van der Waals surface area contributed by atoms with Gasteiger partial charge in [0.1, 0.15) is 0 Å². The van der Waals surface area contributed by atoms with E-state index in [1.807, 2.05) is 12.4 Å². The van der Waals surface area contributed by atoms with E-state index in [-0.39, 0.29) is 0 Å². The maximum Gasteiger partial charge on any atom is 0.0785 e. The molecular formula is C7H13FN2. The van der Waals surface area contributed by atoms with Crippen LogP contribution in [0, 0.1) is 0 Å². The van der Waals surface area contributed by atoms with Crippen LogP contribution in [0.5, 0.6) is 0 Å². The highest BCUT2D eigenvalue weighted by atomic mass is 19.1. The second-order valence-corrected chi connectivity index (χ2v) is 2.19. The molecule has 0 fully saturated rings. The minimum absolute atomic E-state index is 0.500. The number of nitrogens with one attached hydrogen (secondary N) is 1. The van der Waals surface area contributed by atoms with Gasteiger partial charge in [0.15, 0.2) is 0 Å². The van der Waals surface area contributed by atoms with Crippen LogP contribution in [-0.4, -0.2) is 17.4 Å². The average molecular weight is 144 g/mol. The van der Waals surface area contributed by atoms with Crippen LogP contribution < -0.4 is 0 Å². The highest BCUT2D eigenvalue weighted by molar-refractivity contribution is 5.06. The summed E-state index contributed by atoms with van der Waals surface area (Å²) in [5.41, 5.74) is 1.27. The smallest absolute Gasteiger partial charge is 0.0785 e. The minimum atomic E-state index is 0.500. The summed E-state index contributed by atoms with van der Waals surface area (Å²) in [6.45, 7) is 4.29. The molecule has 2 nitrogen and oxygen atoms in total. The van der Waals surface area contributed by atoms with Gasteiger partial charge >= 0.3 is 0 Å². The minimum Gasteiger partial charge on any atom is -0.285 e. The Morgan fingerprint density at radius 3 is 2.30 bits per heavy atom. The first-order chi connectivity index (χ1) is 4.80. The molecule has 1 aromatic heterocycles. The quantitative estimate of drug-likeness (QED) is 0.642. The Morgan fingerprint density at radius 1 is 1.50 bits per heavy atom. The summed E-state index contributed by atoms with van der Waals surface area (Å²) in [5, 5.41) is 6.58. The van der Waals surface area contributed by atoms with Crippen molar-refractivity contribution < 1.29 is 4.39 Å². The Labute approximate surface area is 60.5 Å². The predicted molar refractivity (Wildman–Crippen MR) is 39.7 cm³/mol. The van der Waals surface area contributed by atoms with E-state index in [0.717, 1.165) is 0 Å². The van der Waals surface area contributed by atoms with Gasteiger partial charge in [-0.2, -0.15) is 5.10 Å². The van der Waals surface area contributed by atoms with Crippen molar-refractivity contribution in [2.75, 3.05) is 7.18 Å². The van der Waals surface area contributed by atoms with Gasteiger partial charge in [0.05, 0.1) is 13.4 Å².